The summed E-state index contributed by atoms with van der Waals surface area (Å²) in [4.78, 5) is 12.6. The predicted molar refractivity (Wildman–Crippen MR) is 107 cm³/mol. The van der Waals surface area contributed by atoms with Gasteiger partial charge in [0.1, 0.15) is 0 Å². The molecular weight excluding hydrogens is 362 g/mol. The molecule has 2 aromatic carbocycles. The molecule has 3 atom stereocenters. The SMILES string of the molecule is CC1CNC(C(=O)Nc2ccc(S(=O)(=O)Nc3ccccc3)cc2)C(C)C1. The molecular formula is C20H25N3O3S. The molecule has 144 valence electrons. The van der Waals surface area contributed by atoms with Crippen LogP contribution < -0.4 is 15.4 Å². The zero-order chi connectivity index (χ0) is 19.4. The van der Waals surface area contributed by atoms with Crippen molar-refractivity contribution in [2.75, 3.05) is 16.6 Å². The summed E-state index contributed by atoms with van der Waals surface area (Å²) in [5, 5.41) is 6.15. The van der Waals surface area contributed by atoms with Crippen LogP contribution in [0.2, 0.25) is 0 Å². The minimum atomic E-state index is -3.67. The molecule has 7 heteroatoms. The fraction of sp³-hybridized carbons (Fsp3) is 0.350. The van der Waals surface area contributed by atoms with Crippen LogP contribution in [-0.2, 0) is 14.8 Å². The Labute approximate surface area is 160 Å². The van der Waals surface area contributed by atoms with Crippen molar-refractivity contribution in [2.45, 2.75) is 31.2 Å². The van der Waals surface area contributed by atoms with Gasteiger partial charge in [-0.2, -0.15) is 0 Å². The largest absolute Gasteiger partial charge is 0.325 e. The molecule has 1 amide bonds. The summed E-state index contributed by atoms with van der Waals surface area (Å²) in [6, 6.07) is 14.7. The van der Waals surface area contributed by atoms with Crippen LogP contribution in [0.15, 0.2) is 59.5 Å². The van der Waals surface area contributed by atoms with Gasteiger partial charge in [-0.3, -0.25) is 9.52 Å². The first-order chi connectivity index (χ1) is 12.8. The van der Waals surface area contributed by atoms with Crippen molar-refractivity contribution >= 4 is 27.3 Å². The van der Waals surface area contributed by atoms with Gasteiger partial charge in [0.05, 0.1) is 10.9 Å². The molecule has 1 heterocycles. The van der Waals surface area contributed by atoms with Gasteiger partial charge in [0.2, 0.25) is 5.91 Å². The first-order valence-corrected chi connectivity index (χ1v) is 10.6. The third-order valence-electron chi connectivity index (χ3n) is 4.77. The second-order valence-corrected chi connectivity index (χ2v) is 8.87. The van der Waals surface area contributed by atoms with Crippen LogP contribution in [-0.4, -0.2) is 26.9 Å². The van der Waals surface area contributed by atoms with Crippen molar-refractivity contribution in [1.82, 2.24) is 5.32 Å². The van der Waals surface area contributed by atoms with Crippen LogP contribution in [0.5, 0.6) is 0 Å². The number of benzene rings is 2. The molecule has 1 saturated heterocycles. The van der Waals surface area contributed by atoms with Crippen LogP contribution in [0.3, 0.4) is 0 Å². The van der Waals surface area contributed by atoms with Crippen LogP contribution in [0.25, 0.3) is 0 Å². The molecule has 27 heavy (non-hydrogen) atoms. The summed E-state index contributed by atoms with van der Waals surface area (Å²) in [5.41, 5.74) is 1.08. The van der Waals surface area contributed by atoms with Crippen LogP contribution >= 0.6 is 0 Å². The smallest absolute Gasteiger partial charge is 0.261 e. The molecule has 0 radical (unpaired) electrons. The van der Waals surface area contributed by atoms with Crippen molar-refractivity contribution in [3.8, 4) is 0 Å². The number of carbonyl (C=O) groups excluding carboxylic acids is 1. The topological polar surface area (TPSA) is 87.3 Å². The molecule has 3 unspecified atom stereocenters. The van der Waals surface area contributed by atoms with E-state index in [0.717, 1.165) is 13.0 Å². The second-order valence-electron chi connectivity index (χ2n) is 7.19. The zero-order valence-electron chi connectivity index (χ0n) is 15.5. The van der Waals surface area contributed by atoms with Crippen molar-refractivity contribution in [1.29, 1.82) is 0 Å². The van der Waals surface area contributed by atoms with E-state index in [4.69, 9.17) is 0 Å². The van der Waals surface area contributed by atoms with E-state index in [1.165, 1.54) is 12.1 Å². The molecule has 2 aromatic rings. The number of hydrogen-bond donors (Lipinski definition) is 3. The lowest BCUT2D eigenvalue weighted by atomic mass is 9.86. The summed E-state index contributed by atoms with van der Waals surface area (Å²) in [6.45, 7) is 5.06. The number of nitrogens with one attached hydrogen (secondary N) is 3. The van der Waals surface area contributed by atoms with Gasteiger partial charge < -0.3 is 10.6 Å². The standard InChI is InChI=1S/C20H25N3O3S/c1-14-12-15(2)19(21-13-14)20(24)22-16-8-10-18(11-9-16)27(25,26)23-17-6-4-3-5-7-17/h3-11,14-15,19,21,23H,12-13H2,1-2H3,(H,22,24). The predicted octanol–water partition coefficient (Wildman–Crippen LogP) is 3.06. The Bertz CT molecular complexity index is 882. The number of amides is 1. The Morgan fingerprint density at radius 3 is 2.30 bits per heavy atom. The molecule has 0 bridgehead atoms. The summed E-state index contributed by atoms with van der Waals surface area (Å²) in [6.07, 6.45) is 1.01. The first kappa shape index (κ1) is 19.4. The van der Waals surface area contributed by atoms with E-state index < -0.39 is 10.0 Å². The molecule has 3 rings (SSSR count). The van der Waals surface area contributed by atoms with Gasteiger partial charge in [0.25, 0.3) is 10.0 Å². The van der Waals surface area contributed by atoms with Crippen LogP contribution in [0.4, 0.5) is 11.4 Å². The van der Waals surface area contributed by atoms with Gasteiger partial charge in [-0.05, 0) is 61.2 Å². The van der Waals surface area contributed by atoms with Gasteiger partial charge in [-0.25, -0.2) is 8.42 Å². The van der Waals surface area contributed by atoms with Crippen LogP contribution in [0, 0.1) is 11.8 Å². The molecule has 0 spiro atoms. The van der Waals surface area contributed by atoms with E-state index in [9.17, 15) is 13.2 Å². The van der Waals surface area contributed by atoms with E-state index in [1.54, 1.807) is 36.4 Å². The lowest BCUT2D eigenvalue weighted by Crippen LogP contribution is -2.50. The molecule has 6 nitrogen and oxygen atoms in total. The van der Waals surface area contributed by atoms with E-state index in [-0.39, 0.29) is 22.8 Å². The van der Waals surface area contributed by atoms with E-state index >= 15 is 0 Å². The maximum Gasteiger partial charge on any atom is 0.261 e. The minimum Gasteiger partial charge on any atom is -0.325 e. The van der Waals surface area contributed by atoms with Crippen molar-refractivity contribution in [3.05, 3.63) is 54.6 Å². The van der Waals surface area contributed by atoms with Gasteiger partial charge in [0.15, 0.2) is 0 Å². The Balaban J connectivity index is 1.65. The maximum atomic E-state index is 12.5. The summed E-state index contributed by atoms with van der Waals surface area (Å²) >= 11 is 0. The average molecular weight is 388 g/mol. The summed E-state index contributed by atoms with van der Waals surface area (Å²) in [5.74, 6) is 0.724. The Kier molecular flexibility index (Phi) is 5.82. The summed E-state index contributed by atoms with van der Waals surface area (Å²) < 4.78 is 27.4. The number of hydrogen-bond acceptors (Lipinski definition) is 4. The van der Waals surface area contributed by atoms with Crippen LogP contribution in [0.1, 0.15) is 20.3 Å². The van der Waals surface area contributed by atoms with E-state index in [1.807, 2.05) is 6.07 Å². The second kappa shape index (κ2) is 8.10. The van der Waals surface area contributed by atoms with Crippen molar-refractivity contribution in [3.63, 3.8) is 0 Å². The van der Waals surface area contributed by atoms with Gasteiger partial charge >= 0.3 is 0 Å². The van der Waals surface area contributed by atoms with Gasteiger partial charge in [-0.1, -0.05) is 32.0 Å². The fourth-order valence-corrected chi connectivity index (χ4v) is 4.45. The lowest BCUT2D eigenvalue weighted by Gasteiger charge is -2.32. The molecule has 1 aliphatic rings. The van der Waals surface area contributed by atoms with Crippen molar-refractivity contribution in [2.24, 2.45) is 11.8 Å². The number of piperidine rings is 1. The van der Waals surface area contributed by atoms with Gasteiger partial charge in [-0.15, -0.1) is 0 Å². The molecule has 0 saturated carbocycles. The number of anilines is 2. The van der Waals surface area contributed by atoms with E-state index in [0.29, 0.717) is 17.3 Å². The number of carbonyl (C=O) groups is 1. The fourth-order valence-electron chi connectivity index (χ4n) is 3.39. The molecule has 0 aromatic heterocycles. The quantitative estimate of drug-likeness (QED) is 0.736. The third kappa shape index (κ3) is 4.87. The number of para-hydroxylation sites is 1. The highest BCUT2D eigenvalue weighted by Crippen LogP contribution is 2.22. The Hall–Kier alpha value is -2.38. The monoisotopic (exact) mass is 387 g/mol. The summed E-state index contributed by atoms with van der Waals surface area (Å²) in [7, 11) is -3.67. The maximum absolute atomic E-state index is 12.5. The van der Waals surface area contributed by atoms with Gasteiger partial charge in [0, 0.05) is 11.4 Å². The molecule has 3 N–H and O–H groups in total. The highest BCUT2D eigenvalue weighted by molar-refractivity contribution is 7.92. The molecule has 1 aliphatic heterocycles. The van der Waals surface area contributed by atoms with E-state index in [2.05, 4.69) is 29.2 Å². The highest BCUT2D eigenvalue weighted by Gasteiger charge is 2.30. The minimum absolute atomic E-state index is 0.0904. The lowest BCUT2D eigenvalue weighted by molar-refractivity contribution is -0.120. The first-order valence-electron chi connectivity index (χ1n) is 9.07. The Morgan fingerprint density at radius 1 is 1.00 bits per heavy atom. The highest BCUT2D eigenvalue weighted by atomic mass is 32.2. The average Bonchev–Trinajstić information content (AvgIpc) is 2.62. The Morgan fingerprint density at radius 2 is 1.67 bits per heavy atom. The number of rotatable bonds is 5. The molecule has 0 aliphatic carbocycles. The number of sulfonamides is 1. The normalized spacial score (nSPS) is 22.8. The molecule has 1 fully saturated rings. The van der Waals surface area contributed by atoms with Crippen molar-refractivity contribution < 1.29 is 13.2 Å². The zero-order valence-corrected chi connectivity index (χ0v) is 16.3. The third-order valence-corrected chi connectivity index (χ3v) is 6.17.